The predicted molar refractivity (Wildman–Crippen MR) is 46.5 cm³/mol. The average molecular weight is 216 g/mol. The Balaban J connectivity index is 2.33. The molecule has 5 nitrogen and oxygen atoms in total. The van der Waals surface area contributed by atoms with Gasteiger partial charge in [0, 0.05) is 5.92 Å². The van der Waals surface area contributed by atoms with Crippen LogP contribution in [0.25, 0.3) is 0 Å². The number of nitrogens with two attached hydrogens (primary N) is 1. The minimum atomic E-state index is -2.51. The number of rotatable bonds is 4. The van der Waals surface area contributed by atoms with Crippen molar-refractivity contribution in [1.82, 2.24) is 15.0 Å². The van der Waals surface area contributed by atoms with Crippen molar-refractivity contribution in [3.8, 4) is 0 Å². The lowest BCUT2D eigenvalue weighted by atomic mass is 10.2. The molecule has 0 saturated heterocycles. The van der Waals surface area contributed by atoms with Crippen LogP contribution in [-0.2, 0) is 6.54 Å². The molecule has 0 spiro atoms. The van der Waals surface area contributed by atoms with E-state index >= 15 is 0 Å². The van der Waals surface area contributed by atoms with Gasteiger partial charge in [0.25, 0.3) is 12.3 Å². The number of alkyl halides is 2. The standard InChI is InChI=1S/C8H10F2N4O/c9-5(10)3-14-7(4-1-2-4)6(8(11)15)12-13-14/h4-5H,1-3H2,(H2,11,15). The van der Waals surface area contributed by atoms with Gasteiger partial charge in [0.05, 0.1) is 5.69 Å². The second kappa shape index (κ2) is 3.56. The van der Waals surface area contributed by atoms with Gasteiger partial charge in [-0.3, -0.25) is 4.79 Å². The Morgan fingerprint density at radius 2 is 2.27 bits per heavy atom. The van der Waals surface area contributed by atoms with E-state index in [4.69, 9.17) is 5.73 Å². The third-order valence-corrected chi connectivity index (χ3v) is 2.28. The molecule has 0 radical (unpaired) electrons. The maximum absolute atomic E-state index is 12.2. The first-order valence-corrected chi connectivity index (χ1v) is 4.61. The van der Waals surface area contributed by atoms with Crippen molar-refractivity contribution in [1.29, 1.82) is 0 Å². The summed E-state index contributed by atoms with van der Waals surface area (Å²) >= 11 is 0. The minimum absolute atomic E-state index is 0.0261. The Bertz CT molecular complexity index is 386. The highest BCUT2D eigenvalue weighted by Crippen LogP contribution is 2.41. The monoisotopic (exact) mass is 216 g/mol. The van der Waals surface area contributed by atoms with E-state index in [9.17, 15) is 13.6 Å². The van der Waals surface area contributed by atoms with Gasteiger partial charge in [0.15, 0.2) is 5.69 Å². The number of aromatic nitrogens is 3. The Morgan fingerprint density at radius 1 is 1.60 bits per heavy atom. The van der Waals surface area contributed by atoms with Crippen molar-refractivity contribution in [2.45, 2.75) is 31.7 Å². The van der Waals surface area contributed by atoms with Crippen molar-refractivity contribution in [2.75, 3.05) is 0 Å². The molecule has 1 heterocycles. The second-order valence-electron chi connectivity index (χ2n) is 3.54. The summed E-state index contributed by atoms with van der Waals surface area (Å²) in [5.41, 5.74) is 5.57. The van der Waals surface area contributed by atoms with Gasteiger partial charge in [0.2, 0.25) is 0 Å². The van der Waals surface area contributed by atoms with Crippen LogP contribution in [0.3, 0.4) is 0 Å². The molecule has 0 aliphatic heterocycles. The number of amides is 1. The van der Waals surface area contributed by atoms with Gasteiger partial charge >= 0.3 is 0 Å². The molecule has 82 valence electrons. The first-order valence-electron chi connectivity index (χ1n) is 4.61. The molecule has 7 heteroatoms. The van der Waals surface area contributed by atoms with Crippen LogP contribution in [0.4, 0.5) is 8.78 Å². The molecule has 1 aromatic rings. The Hall–Kier alpha value is -1.53. The number of primary amides is 1. The number of nitrogens with zero attached hydrogens (tertiary/aromatic N) is 3. The highest BCUT2D eigenvalue weighted by atomic mass is 19.3. The largest absolute Gasteiger partial charge is 0.364 e. The van der Waals surface area contributed by atoms with Crippen molar-refractivity contribution in [2.24, 2.45) is 5.73 Å². The summed E-state index contributed by atoms with van der Waals surface area (Å²) < 4.78 is 25.5. The van der Waals surface area contributed by atoms with Crippen LogP contribution in [-0.4, -0.2) is 27.3 Å². The fourth-order valence-electron chi connectivity index (χ4n) is 1.52. The van der Waals surface area contributed by atoms with E-state index in [2.05, 4.69) is 10.3 Å². The van der Waals surface area contributed by atoms with Crippen molar-refractivity contribution >= 4 is 5.91 Å². The summed E-state index contributed by atoms with van der Waals surface area (Å²) in [5.74, 6) is -0.598. The van der Waals surface area contributed by atoms with E-state index in [1.807, 2.05) is 0 Å². The van der Waals surface area contributed by atoms with Gasteiger partial charge in [-0.25, -0.2) is 13.5 Å². The summed E-state index contributed by atoms with van der Waals surface area (Å²) in [5, 5.41) is 7.06. The van der Waals surface area contributed by atoms with Crippen LogP contribution in [0.1, 0.15) is 34.9 Å². The van der Waals surface area contributed by atoms with Crippen LogP contribution >= 0.6 is 0 Å². The van der Waals surface area contributed by atoms with Gasteiger partial charge in [-0.1, -0.05) is 5.21 Å². The quantitative estimate of drug-likeness (QED) is 0.797. The molecule has 0 bridgehead atoms. The Kier molecular flexibility index (Phi) is 2.37. The third-order valence-electron chi connectivity index (χ3n) is 2.28. The summed E-state index contributed by atoms with van der Waals surface area (Å²) in [6.07, 6.45) is -0.765. The van der Waals surface area contributed by atoms with E-state index in [1.54, 1.807) is 0 Å². The van der Waals surface area contributed by atoms with Crippen LogP contribution in [0.15, 0.2) is 0 Å². The first-order chi connectivity index (χ1) is 7.09. The lowest BCUT2D eigenvalue weighted by Gasteiger charge is -2.04. The number of carbonyl (C=O) groups excluding carboxylic acids is 1. The number of halogens is 2. The molecule has 2 N–H and O–H groups in total. The van der Waals surface area contributed by atoms with Gasteiger partial charge in [-0.15, -0.1) is 5.10 Å². The highest BCUT2D eigenvalue weighted by Gasteiger charge is 2.33. The maximum Gasteiger partial charge on any atom is 0.271 e. The van der Waals surface area contributed by atoms with Crippen molar-refractivity contribution in [3.63, 3.8) is 0 Å². The van der Waals surface area contributed by atoms with Crippen molar-refractivity contribution < 1.29 is 13.6 Å². The van der Waals surface area contributed by atoms with E-state index in [-0.39, 0.29) is 11.6 Å². The zero-order valence-corrected chi connectivity index (χ0v) is 7.86. The SMILES string of the molecule is NC(=O)c1nnn(CC(F)F)c1C1CC1. The fourth-order valence-corrected chi connectivity index (χ4v) is 1.52. The first kappa shape index (κ1) is 10.0. The third kappa shape index (κ3) is 1.95. The van der Waals surface area contributed by atoms with E-state index in [0.717, 1.165) is 17.5 Å². The minimum Gasteiger partial charge on any atom is -0.364 e. The Labute approximate surface area is 84.2 Å². The topological polar surface area (TPSA) is 73.8 Å². The molecule has 0 aromatic carbocycles. The number of hydrogen-bond acceptors (Lipinski definition) is 3. The summed E-state index contributed by atoms with van der Waals surface area (Å²) in [6, 6.07) is 0. The van der Waals surface area contributed by atoms with E-state index in [1.165, 1.54) is 0 Å². The predicted octanol–water partition coefficient (Wildman–Crippen LogP) is 0.519. The van der Waals surface area contributed by atoms with E-state index < -0.39 is 18.9 Å². The highest BCUT2D eigenvalue weighted by molar-refractivity contribution is 5.92. The summed E-state index contributed by atoms with van der Waals surface area (Å²) in [6.45, 7) is -0.536. The molecule has 1 amide bonds. The lowest BCUT2D eigenvalue weighted by Crippen LogP contribution is -2.16. The molecule has 0 atom stereocenters. The van der Waals surface area contributed by atoms with Crippen LogP contribution in [0.5, 0.6) is 0 Å². The normalized spacial score (nSPS) is 15.9. The van der Waals surface area contributed by atoms with Crippen LogP contribution in [0.2, 0.25) is 0 Å². The van der Waals surface area contributed by atoms with Gasteiger partial charge in [-0.05, 0) is 12.8 Å². The van der Waals surface area contributed by atoms with Crippen LogP contribution in [0, 0.1) is 0 Å². The molecule has 1 aliphatic rings. The second-order valence-corrected chi connectivity index (χ2v) is 3.54. The summed E-state index contributed by atoms with van der Waals surface area (Å²) in [7, 11) is 0. The van der Waals surface area contributed by atoms with Gasteiger partial charge in [0.1, 0.15) is 6.54 Å². The number of hydrogen-bond donors (Lipinski definition) is 1. The Morgan fingerprint density at radius 3 is 2.73 bits per heavy atom. The molecule has 1 aliphatic carbocycles. The van der Waals surface area contributed by atoms with Crippen LogP contribution < -0.4 is 5.73 Å². The molecular formula is C8H10F2N4O. The smallest absolute Gasteiger partial charge is 0.271 e. The molecule has 1 saturated carbocycles. The lowest BCUT2D eigenvalue weighted by molar-refractivity contribution is 0.0993. The maximum atomic E-state index is 12.2. The molecule has 2 rings (SSSR count). The average Bonchev–Trinajstić information content (AvgIpc) is 2.87. The van der Waals surface area contributed by atoms with Gasteiger partial charge in [-0.2, -0.15) is 0 Å². The number of carbonyl (C=O) groups is 1. The fraction of sp³-hybridized carbons (Fsp3) is 0.625. The zero-order chi connectivity index (χ0) is 11.0. The molecule has 1 fully saturated rings. The van der Waals surface area contributed by atoms with Crippen molar-refractivity contribution in [3.05, 3.63) is 11.4 Å². The molecular weight excluding hydrogens is 206 g/mol. The molecule has 0 unspecified atom stereocenters. The van der Waals surface area contributed by atoms with Gasteiger partial charge < -0.3 is 5.73 Å². The molecule has 15 heavy (non-hydrogen) atoms. The summed E-state index contributed by atoms with van der Waals surface area (Å²) in [4.78, 5) is 11.0. The van der Waals surface area contributed by atoms with E-state index in [0.29, 0.717) is 5.69 Å². The molecule has 1 aromatic heterocycles. The zero-order valence-electron chi connectivity index (χ0n) is 7.86.